The van der Waals surface area contributed by atoms with Gasteiger partial charge in [0.2, 0.25) is 0 Å². The van der Waals surface area contributed by atoms with Crippen LogP contribution >= 0.6 is 23.8 Å². The molecule has 2 rings (SSSR count). The smallest absolute Gasteiger partial charge is 0.328 e. The molecule has 0 atom stereocenters. The van der Waals surface area contributed by atoms with E-state index in [1.165, 1.54) is 6.08 Å². The molecule has 1 amide bonds. The van der Waals surface area contributed by atoms with E-state index in [2.05, 4.69) is 10.6 Å². The van der Waals surface area contributed by atoms with Crippen LogP contribution in [0.4, 0.5) is 5.69 Å². The fraction of sp³-hybridized carbons (Fsp3) is 0.105. The number of ether oxygens (including phenoxy) is 1. The van der Waals surface area contributed by atoms with Gasteiger partial charge in [0.15, 0.2) is 11.7 Å². The van der Waals surface area contributed by atoms with Gasteiger partial charge < -0.3 is 15.2 Å². The van der Waals surface area contributed by atoms with Crippen molar-refractivity contribution in [1.82, 2.24) is 5.32 Å². The third-order valence-corrected chi connectivity index (χ3v) is 3.94. The summed E-state index contributed by atoms with van der Waals surface area (Å²) in [4.78, 5) is 22.5. The first-order chi connectivity index (χ1) is 12.8. The van der Waals surface area contributed by atoms with E-state index in [-0.39, 0.29) is 11.7 Å². The van der Waals surface area contributed by atoms with Gasteiger partial charge >= 0.3 is 5.97 Å². The summed E-state index contributed by atoms with van der Waals surface area (Å²) in [6.45, 7) is 1.64. The third-order valence-electron chi connectivity index (χ3n) is 3.32. The van der Waals surface area contributed by atoms with E-state index in [1.807, 2.05) is 6.92 Å². The number of amides is 1. The quantitative estimate of drug-likeness (QED) is 0.503. The van der Waals surface area contributed by atoms with Crippen molar-refractivity contribution in [3.05, 3.63) is 64.7 Å². The molecule has 0 heterocycles. The first-order valence-electron chi connectivity index (χ1n) is 7.84. The Bertz CT molecular complexity index is 899. The van der Waals surface area contributed by atoms with Crippen molar-refractivity contribution in [2.75, 3.05) is 11.9 Å². The number of aryl methyl sites for hydroxylation is 1. The minimum atomic E-state index is -1.04. The zero-order valence-corrected chi connectivity index (χ0v) is 15.9. The van der Waals surface area contributed by atoms with Crippen LogP contribution in [0.3, 0.4) is 0 Å². The Morgan fingerprint density at radius 2 is 2.04 bits per heavy atom. The lowest BCUT2D eigenvalue weighted by molar-refractivity contribution is -0.131. The molecule has 8 heteroatoms. The molecular formula is C19H17ClN2O4S. The minimum absolute atomic E-state index is 0.107. The lowest BCUT2D eigenvalue weighted by atomic mass is 10.2. The molecule has 0 aliphatic heterocycles. The molecule has 0 saturated heterocycles. The molecule has 0 spiro atoms. The summed E-state index contributed by atoms with van der Waals surface area (Å²) >= 11 is 11.0. The average molecular weight is 405 g/mol. The normalized spacial score (nSPS) is 10.4. The Labute approximate surface area is 166 Å². The Hall–Kier alpha value is -2.90. The zero-order valence-electron chi connectivity index (χ0n) is 14.4. The van der Waals surface area contributed by atoms with Crippen LogP contribution < -0.4 is 15.4 Å². The number of anilines is 1. The molecule has 0 aliphatic rings. The van der Waals surface area contributed by atoms with Gasteiger partial charge in [-0.3, -0.25) is 10.1 Å². The van der Waals surface area contributed by atoms with E-state index in [4.69, 9.17) is 33.7 Å². The molecule has 6 nitrogen and oxygen atoms in total. The largest absolute Gasteiger partial charge is 0.484 e. The number of benzene rings is 2. The molecule has 0 unspecified atom stereocenters. The van der Waals surface area contributed by atoms with E-state index < -0.39 is 11.9 Å². The van der Waals surface area contributed by atoms with Crippen molar-refractivity contribution in [1.29, 1.82) is 0 Å². The second-order valence-electron chi connectivity index (χ2n) is 5.50. The van der Waals surface area contributed by atoms with E-state index >= 15 is 0 Å². The van der Waals surface area contributed by atoms with Crippen LogP contribution in [-0.4, -0.2) is 28.7 Å². The second-order valence-corrected chi connectivity index (χ2v) is 6.31. The standard InChI is InChI=1S/C19H17ClN2O4S/c1-12-9-15(6-7-16(12)20)26-11-17(23)22-19(27)21-14-4-2-3-13(10-14)5-8-18(24)25/h2-10H,11H2,1H3,(H,24,25)(H2,21,22,23,27)/b8-5+. The third kappa shape index (κ3) is 7.08. The molecule has 3 N–H and O–H groups in total. The number of hydrogen-bond donors (Lipinski definition) is 3. The SMILES string of the molecule is Cc1cc(OCC(=O)NC(=S)Nc2cccc(/C=C/C(=O)O)c2)ccc1Cl. The van der Waals surface area contributed by atoms with Crippen molar-refractivity contribution in [3.8, 4) is 5.75 Å². The molecule has 0 radical (unpaired) electrons. The highest BCUT2D eigenvalue weighted by atomic mass is 35.5. The van der Waals surface area contributed by atoms with Gasteiger partial charge in [-0.25, -0.2) is 4.79 Å². The maximum Gasteiger partial charge on any atom is 0.328 e. The van der Waals surface area contributed by atoms with Gasteiger partial charge in [-0.1, -0.05) is 23.7 Å². The van der Waals surface area contributed by atoms with E-state index in [0.717, 1.165) is 11.6 Å². The summed E-state index contributed by atoms with van der Waals surface area (Å²) in [6.07, 6.45) is 2.49. The number of thiocarbonyl (C=S) groups is 1. The van der Waals surface area contributed by atoms with Gasteiger partial charge in [-0.15, -0.1) is 0 Å². The van der Waals surface area contributed by atoms with Gasteiger partial charge in [-0.2, -0.15) is 0 Å². The van der Waals surface area contributed by atoms with Crippen LogP contribution in [0.5, 0.6) is 5.75 Å². The lowest BCUT2D eigenvalue weighted by Gasteiger charge is -2.11. The number of rotatable bonds is 6. The monoisotopic (exact) mass is 404 g/mol. The molecule has 0 saturated carbocycles. The molecule has 27 heavy (non-hydrogen) atoms. The van der Waals surface area contributed by atoms with Gasteiger partial charge in [0, 0.05) is 16.8 Å². The summed E-state index contributed by atoms with van der Waals surface area (Å²) in [6, 6.07) is 12.0. The Kier molecular flexibility index (Phi) is 7.34. The topological polar surface area (TPSA) is 87.7 Å². The van der Waals surface area contributed by atoms with Crippen molar-refractivity contribution < 1.29 is 19.4 Å². The summed E-state index contributed by atoms with van der Waals surface area (Å²) < 4.78 is 5.41. The number of carbonyl (C=O) groups excluding carboxylic acids is 1. The van der Waals surface area contributed by atoms with Crippen LogP contribution in [0, 0.1) is 6.92 Å². The minimum Gasteiger partial charge on any atom is -0.484 e. The predicted octanol–water partition coefficient (Wildman–Crippen LogP) is 3.64. The fourth-order valence-electron chi connectivity index (χ4n) is 2.07. The van der Waals surface area contributed by atoms with Crippen molar-refractivity contribution in [2.24, 2.45) is 0 Å². The first kappa shape index (κ1) is 20.4. The van der Waals surface area contributed by atoms with E-state index in [1.54, 1.807) is 42.5 Å². The maximum atomic E-state index is 11.9. The maximum absolute atomic E-state index is 11.9. The number of carbonyl (C=O) groups is 2. The zero-order chi connectivity index (χ0) is 19.8. The van der Waals surface area contributed by atoms with Crippen LogP contribution in [0.1, 0.15) is 11.1 Å². The summed E-state index contributed by atoms with van der Waals surface area (Å²) in [5.74, 6) is -0.919. The highest BCUT2D eigenvalue weighted by molar-refractivity contribution is 7.80. The number of hydrogen-bond acceptors (Lipinski definition) is 4. The van der Waals surface area contributed by atoms with Crippen molar-refractivity contribution >= 4 is 52.6 Å². The van der Waals surface area contributed by atoms with Gasteiger partial charge in [0.25, 0.3) is 5.91 Å². The molecular weight excluding hydrogens is 388 g/mol. The van der Waals surface area contributed by atoms with Crippen LogP contribution in [0.2, 0.25) is 5.02 Å². The first-order valence-corrected chi connectivity index (χ1v) is 8.63. The molecule has 140 valence electrons. The van der Waals surface area contributed by atoms with Crippen LogP contribution in [0.15, 0.2) is 48.5 Å². The number of carboxylic acids is 1. The van der Waals surface area contributed by atoms with Gasteiger partial charge in [0.1, 0.15) is 5.75 Å². The number of halogens is 1. The molecule has 0 fully saturated rings. The van der Waals surface area contributed by atoms with Crippen LogP contribution in [0.25, 0.3) is 6.08 Å². The number of aliphatic carboxylic acids is 1. The highest BCUT2D eigenvalue weighted by Gasteiger charge is 2.07. The Morgan fingerprint density at radius 1 is 1.26 bits per heavy atom. The van der Waals surface area contributed by atoms with Crippen molar-refractivity contribution in [2.45, 2.75) is 6.92 Å². The van der Waals surface area contributed by atoms with Crippen LogP contribution in [-0.2, 0) is 9.59 Å². The highest BCUT2D eigenvalue weighted by Crippen LogP contribution is 2.20. The fourth-order valence-corrected chi connectivity index (χ4v) is 2.42. The van der Waals surface area contributed by atoms with E-state index in [0.29, 0.717) is 22.0 Å². The molecule has 2 aromatic carbocycles. The molecule has 0 bridgehead atoms. The van der Waals surface area contributed by atoms with Gasteiger partial charge in [-0.05, 0) is 66.7 Å². The number of carboxylic acid groups (broad SMARTS) is 1. The lowest BCUT2D eigenvalue weighted by Crippen LogP contribution is -2.37. The Morgan fingerprint density at radius 3 is 2.74 bits per heavy atom. The van der Waals surface area contributed by atoms with Gasteiger partial charge in [0.05, 0.1) is 0 Å². The summed E-state index contributed by atoms with van der Waals surface area (Å²) in [7, 11) is 0. The number of nitrogens with one attached hydrogen (secondary N) is 2. The molecule has 0 aromatic heterocycles. The molecule has 0 aliphatic carbocycles. The Balaban J connectivity index is 1.85. The second kappa shape index (κ2) is 9.70. The van der Waals surface area contributed by atoms with Crippen molar-refractivity contribution in [3.63, 3.8) is 0 Å². The average Bonchev–Trinajstić information content (AvgIpc) is 2.61. The predicted molar refractivity (Wildman–Crippen MR) is 109 cm³/mol. The van der Waals surface area contributed by atoms with E-state index in [9.17, 15) is 9.59 Å². The molecule has 2 aromatic rings. The summed E-state index contributed by atoms with van der Waals surface area (Å²) in [5, 5.41) is 14.8. The summed E-state index contributed by atoms with van der Waals surface area (Å²) in [5.41, 5.74) is 2.14.